The van der Waals surface area contributed by atoms with E-state index in [1.165, 1.54) is 21.9 Å². The molecule has 0 spiro atoms. The van der Waals surface area contributed by atoms with Crippen molar-refractivity contribution >= 4 is 22.4 Å². The van der Waals surface area contributed by atoms with Crippen LogP contribution in [0.1, 0.15) is 36.6 Å². The molecule has 0 aliphatic rings. The topological polar surface area (TPSA) is 45.7 Å². The fourth-order valence-electron chi connectivity index (χ4n) is 3.45. The van der Waals surface area contributed by atoms with Gasteiger partial charge in [-0.25, -0.2) is 0 Å². The molecule has 0 aliphatic carbocycles. The quantitative estimate of drug-likeness (QED) is 0.696. The molecule has 0 heterocycles. The van der Waals surface area contributed by atoms with Gasteiger partial charge in [-0.1, -0.05) is 67.6 Å². The number of fused-ring (bicyclic) bond motifs is 1. The Hall–Kier alpha value is -2.65. The average molecular weight is 347 g/mol. The van der Waals surface area contributed by atoms with Crippen LogP contribution in [0.15, 0.2) is 60.7 Å². The summed E-state index contributed by atoms with van der Waals surface area (Å²) in [6, 6.07) is 21.1. The Labute approximate surface area is 155 Å². The van der Waals surface area contributed by atoms with Gasteiger partial charge in [0.2, 0.25) is 0 Å². The zero-order valence-corrected chi connectivity index (χ0v) is 15.8. The molecular weight excluding hydrogens is 320 g/mol. The van der Waals surface area contributed by atoms with Crippen molar-refractivity contribution in [1.29, 1.82) is 0 Å². The van der Waals surface area contributed by atoms with E-state index in [9.17, 15) is 4.79 Å². The van der Waals surface area contributed by atoms with Crippen molar-refractivity contribution in [2.45, 2.75) is 33.2 Å². The molecule has 26 heavy (non-hydrogen) atoms. The van der Waals surface area contributed by atoms with E-state index >= 15 is 0 Å². The van der Waals surface area contributed by atoms with Gasteiger partial charge in [-0.3, -0.25) is 4.79 Å². The molecular formula is C23H27N2O+. The van der Waals surface area contributed by atoms with Crippen molar-refractivity contribution in [3.05, 3.63) is 77.4 Å². The fraction of sp³-hybridized carbons (Fsp3) is 0.261. The van der Waals surface area contributed by atoms with E-state index in [1.54, 1.807) is 0 Å². The molecule has 0 aromatic heterocycles. The van der Waals surface area contributed by atoms with Crippen LogP contribution in [0.4, 0.5) is 5.69 Å². The summed E-state index contributed by atoms with van der Waals surface area (Å²) in [6.07, 6.45) is 0.910. The number of quaternary nitrogens is 1. The molecule has 3 aromatic carbocycles. The number of benzene rings is 3. The van der Waals surface area contributed by atoms with Gasteiger partial charge in [0.05, 0.1) is 0 Å². The summed E-state index contributed by atoms with van der Waals surface area (Å²) < 4.78 is 0. The van der Waals surface area contributed by atoms with E-state index in [-0.39, 0.29) is 11.9 Å². The predicted octanol–water partition coefficient (Wildman–Crippen LogP) is 3.97. The Kier molecular flexibility index (Phi) is 5.69. The van der Waals surface area contributed by atoms with Gasteiger partial charge in [0.25, 0.3) is 5.91 Å². The number of aryl methyl sites for hydroxylation is 2. The minimum atomic E-state index is 0.0427. The molecule has 0 radical (unpaired) electrons. The molecule has 134 valence electrons. The van der Waals surface area contributed by atoms with Crippen LogP contribution in [-0.2, 0) is 11.2 Å². The van der Waals surface area contributed by atoms with Gasteiger partial charge >= 0.3 is 0 Å². The van der Waals surface area contributed by atoms with Gasteiger partial charge in [-0.15, -0.1) is 0 Å². The molecule has 3 nitrogen and oxygen atoms in total. The van der Waals surface area contributed by atoms with Crippen LogP contribution in [0.3, 0.4) is 0 Å². The minimum absolute atomic E-state index is 0.0427. The highest BCUT2D eigenvalue weighted by Crippen LogP contribution is 2.22. The summed E-state index contributed by atoms with van der Waals surface area (Å²) in [5.74, 6) is 0.0427. The van der Waals surface area contributed by atoms with Crippen LogP contribution in [0.2, 0.25) is 0 Å². The molecule has 1 amide bonds. The molecule has 1 atom stereocenters. The zero-order valence-electron chi connectivity index (χ0n) is 15.8. The van der Waals surface area contributed by atoms with Crippen LogP contribution >= 0.6 is 0 Å². The highest BCUT2D eigenvalue weighted by atomic mass is 16.1. The van der Waals surface area contributed by atoms with Crippen LogP contribution in [0.25, 0.3) is 10.8 Å². The second-order valence-corrected chi connectivity index (χ2v) is 6.81. The molecule has 0 saturated heterocycles. The van der Waals surface area contributed by atoms with Crippen LogP contribution in [0, 0.1) is 6.92 Å². The third kappa shape index (κ3) is 3.94. The lowest BCUT2D eigenvalue weighted by Crippen LogP contribution is -2.86. The Morgan fingerprint density at radius 1 is 1.04 bits per heavy atom. The standard InChI is InChI=1S/C23H26N2O/c1-4-18-11-7-9-16(2)23(18)25-22(26)15-24-17(3)20-14-8-12-19-10-5-6-13-21(19)20/h5-14,17,24H,4,15H2,1-3H3,(H,25,26)/p+1/t17-/m1/s1. The average Bonchev–Trinajstić information content (AvgIpc) is 2.67. The van der Waals surface area contributed by atoms with Crippen molar-refractivity contribution in [2.75, 3.05) is 11.9 Å². The molecule has 0 bridgehead atoms. The number of amides is 1. The first-order chi connectivity index (χ1) is 12.6. The van der Waals surface area contributed by atoms with E-state index in [1.807, 2.05) is 19.1 Å². The molecule has 3 heteroatoms. The number of carbonyl (C=O) groups excluding carboxylic acids is 1. The summed E-state index contributed by atoms with van der Waals surface area (Å²) in [6.45, 7) is 6.71. The smallest absolute Gasteiger partial charge is 0.279 e. The lowest BCUT2D eigenvalue weighted by Gasteiger charge is -2.15. The molecule has 0 unspecified atom stereocenters. The molecule has 3 aromatic rings. The number of nitrogens with two attached hydrogens (primary N) is 1. The summed E-state index contributed by atoms with van der Waals surface area (Å²) in [5, 5.41) is 7.70. The first-order valence-corrected chi connectivity index (χ1v) is 9.29. The Morgan fingerprint density at radius 2 is 1.77 bits per heavy atom. The van der Waals surface area contributed by atoms with E-state index in [4.69, 9.17) is 0 Å². The molecule has 3 N–H and O–H groups in total. The van der Waals surface area contributed by atoms with Crippen LogP contribution < -0.4 is 10.6 Å². The number of para-hydroxylation sites is 1. The number of rotatable bonds is 6. The van der Waals surface area contributed by atoms with Crippen molar-refractivity contribution in [1.82, 2.24) is 0 Å². The summed E-state index contributed by atoms with van der Waals surface area (Å²) in [7, 11) is 0. The van der Waals surface area contributed by atoms with Gasteiger partial charge in [-0.2, -0.15) is 0 Å². The van der Waals surface area contributed by atoms with Crippen LogP contribution in [-0.4, -0.2) is 12.5 Å². The number of hydrogen-bond donors (Lipinski definition) is 2. The van der Waals surface area contributed by atoms with E-state index < -0.39 is 0 Å². The SMILES string of the molecule is CCc1cccc(C)c1NC(=O)C[NH2+][C@H](C)c1cccc2ccccc12. The monoisotopic (exact) mass is 347 g/mol. The molecule has 0 aliphatic heterocycles. The lowest BCUT2D eigenvalue weighted by atomic mass is 10.00. The van der Waals surface area contributed by atoms with Gasteiger partial charge in [-0.05, 0) is 42.2 Å². The Balaban J connectivity index is 1.68. The number of anilines is 1. The fourth-order valence-corrected chi connectivity index (χ4v) is 3.45. The first-order valence-electron chi connectivity index (χ1n) is 9.29. The maximum absolute atomic E-state index is 12.5. The predicted molar refractivity (Wildman–Crippen MR) is 108 cm³/mol. The number of nitrogens with one attached hydrogen (secondary N) is 1. The van der Waals surface area contributed by atoms with E-state index in [0.717, 1.165) is 17.7 Å². The summed E-state index contributed by atoms with van der Waals surface area (Å²) >= 11 is 0. The number of hydrogen-bond acceptors (Lipinski definition) is 1. The van der Waals surface area contributed by atoms with Crippen molar-refractivity contribution < 1.29 is 10.1 Å². The second-order valence-electron chi connectivity index (χ2n) is 6.81. The third-order valence-electron chi connectivity index (χ3n) is 4.98. The molecule has 3 rings (SSSR count). The summed E-state index contributed by atoms with van der Waals surface area (Å²) in [4.78, 5) is 12.5. The summed E-state index contributed by atoms with van der Waals surface area (Å²) in [5.41, 5.74) is 4.52. The minimum Gasteiger partial charge on any atom is -0.332 e. The van der Waals surface area contributed by atoms with Gasteiger partial charge < -0.3 is 10.6 Å². The van der Waals surface area contributed by atoms with E-state index in [0.29, 0.717) is 6.54 Å². The van der Waals surface area contributed by atoms with Gasteiger partial charge in [0.1, 0.15) is 6.04 Å². The maximum atomic E-state index is 12.5. The van der Waals surface area contributed by atoms with Gasteiger partial charge in [0.15, 0.2) is 6.54 Å². The lowest BCUT2D eigenvalue weighted by molar-refractivity contribution is -0.682. The maximum Gasteiger partial charge on any atom is 0.279 e. The second kappa shape index (κ2) is 8.15. The number of carbonyl (C=O) groups is 1. The normalized spacial score (nSPS) is 12.1. The largest absolute Gasteiger partial charge is 0.332 e. The zero-order chi connectivity index (χ0) is 18.5. The van der Waals surface area contributed by atoms with E-state index in [2.05, 4.69) is 73.0 Å². The highest BCUT2D eigenvalue weighted by molar-refractivity contribution is 5.93. The van der Waals surface area contributed by atoms with Gasteiger partial charge in [0, 0.05) is 11.3 Å². The molecule has 0 saturated carbocycles. The first kappa shape index (κ1) is 18.2. The Morgan fingerprint density at radius 3 is 2.58 bits per heavy atom. The van der Waals surface area contributed by atoms with Crippen molar-refractivity contribution in [3.63, 3.8) is 0 Å². The van der Waals surface area contributed by atoms with Crippen molar-refractivity contribution in [2.24, 2.45) is 0 Å². The van der Waals surface area contributed by atoms with Crippen molar-refractivity contribution in [3.8, 4) is 0 Å². The highest BCUT2D eigenvalue weighted by Gasteiger charge is 2.15. The Bertz CT molecular complexity index is 912. The molecule has 0 fully saturated rings. The van der Waals surface area contributed by atoms with Crippen LogP contribution in [0.5, 0.6) is 0 Å². The third-order valence-corrected chi connectivity index (χ3v) is 4.98.